The van der Waals surface area contributed by atoms with Gasteiger partial charge in [-0.2, -0.15) is 20.8 Å². The van der Waals surface area contributed by atoms with Crippen molar-refractivity contribution in [3.8, 4) is 29.7 Å². The van der Waals surface area contributed by atoms with E-state index in [1.807, 2.05) is 91.0 Å². The van der Waals surface area contributed by atoms with Crippen molar-refractivity contribution >= 4 is 43.8 Å². The quantitative estimate of drug-likeness (QED) is 0.0148. The number of imidazole rings is 1. The molecule has 4 N–H and O–H groups in total. The van der Waals surface area contributed by atoms with Crippen LogP contribution >= 0.6 is 8.53 Å². The molecule has 6 rings (SSSR count). The summed E-state index contributed by atoms with van der Waals surface area (Å²) in [6, 6.07) is 31.1. The average Bonchev–Trinajstić information content (AvgIpc) is 4.03. The molecule has 1 saturated heterocycles. The number of nitrogens with zero attached hydrogens (tertiary/aromatic N) is 8. The van der Waals surface area contributed by atoms with Crippen LogP contribution in [0.4, 0.5) is 15.5 Å². The van der Waals surface area contributed by atoms with Crippen LogP contribution in [0, 0.1) is 34.0 Å². The van der Waals surface area contributed by atoms with Crippen LogP contribution in [0.2, 0.25) is 0 Å². The maximum Gasteiger partial charge on any atom is 0.413 e. The average molecular weight is 1050 g/mol. The number of carbonyl (C=O) groups excluding carboxylic acids is 2. The molecule has 3 heterocycles. The summed E-state index contributed by atoms with van der Waals surface area (Å²) in [5.41, 5.74) is 0.915. The van der Waals surface area contributed by atoms with Crippen molar-refractivity contribution < 1.29 is 47.1 Å². The molecule has 24 heteroatoms. The van der Waals surface area contributed by atoms with Gasteiger partial charge >= 0.3 is 12.2 Å². The fourth-order valence-electron chi connectivity index (χ4n) is 8.14. The highest BCUT2D eigenvalue weighted by atomic mass is 31.2. The number of nitriles is 3. The summed E-state index contributed by atoms with van der Waals surface area (Å²) in [7, 11) is 1.45. The van der Waals surface area contributed by atoms with Crippen molar-refractivity contribution in [3.63, 3.8) is 0 Å². The number of ether oxygens (including phenoxy) is 6. The second-order valence-corrected chi connectivity index (χ2v) is 18.5. The van der Waals surface area contributed by atoms with Crippen LogP contribution in [-0.2, 0) is 33.6 Å². The van der Waals surface area contributed by atoms with Gasteiger partial charge in [-0.15, -0.1) is 0 Å². The van der Waals surface area contributed by atoms with Gasteiger partial charge < -0.3 is 42.8 Å². The van der Waals surface area contributed by atoms with Crippen LogP contribution < -0.4 is 31.0 Å². The van der Waals surface area contributed by atoms with E-state index in [0.717, 1.165) is 16.7 Å². The summed E-state index contributed by atoms with van der Waals surface area (Å²) < 4.78 is 52.6. The van der Waals surface area contributed by atoms with Crippen molar-refractivity contribution in [1.82, 2.24) is 34.8 Å². The molecule has 3 aromatic carbocycles. The monoisotopic (exact) mass is 1050 g/mol. The molecule has 2 aromatic heterocycles. The number of methoxy groups -OCH3 is 2. The Labute approximate surface area is 435 Å². The Morgan fingerprint density at radius 1 is 0.853 bits per heavy atom. The summed E-state index contributed by atoms with van der Waals surface area (Å²) in [6.45, 7) is 7.88. The molecule has 1 aliphatic heterocycles. The molecule has 1 aliphatic rings. The number of aliphatic imine (C=N–C) groups is 1. The molecule has 0 bridgehead atoms. The summed E-state index contributed by atoms with van der Waals surface area (Å²) in [5.74, 6) is 1.05. The Balaban J connectivity index is 1.34. The molecule has 2 amide bonds. The van der Waals surface area contributed by atoms with E-state index in [1.54, 1.807) is 18.8 Å². The van der Waals surface area contributed by atoms with E-state index in [2.05, 4.69) is 69.3 Å². The first-order valence-corrected chi connectivity index (χ1v) is 25.2. The Morgan fingerprint density at radius 2 is 1.41 bits per heavy atom. The first-order chi connectivity index (χ1) is 36.3. The number of H-pyrrole nitrogens is 1. The van der Waals surface area contributed by atoms with E-state index in [4.69, 9.17) is 53.0 Å². The van der Waals surface area contributed by atoms with Crippen LogP contribution in [0.5, 0.6) is 11.5 Å². The Hall–Kier alpha value is -7.68. The van der Waals surface area contributed by atoms with Gasteiger partial charge in [0.25, 0.3) is 14.1 Å². The zero-order chi connectivity index (χ0) is 53.7. The summed E-state index contributed by atoms with van der Waals surface area (Å²) in [4.78, 5) is 54.3. The second kappa shape index (κ2) is 28.1. The third-order valence-electron chi connectivity index (χ3n) is 11.5. The molecule has 75 heavy (non-hydrogen) atoms. The maximum absolute atomic E-state index is 13.6. The molecule has 0 saturated carbocycles. The van der Waals surface area contributed by atoms with E-state index < -0.39 is 50.3 Å². The number of alkyl carbamates (subject to hydrolysis) is 2. The van der Waals surface area contributed by atoms with E-state index in [0.29, 0.717) is 11.5 Å². The lowest BCUT2D eigenvalue weighted by Crippen LogP contribution is -2.44. The molecule has 1 unspecified atom stereocenters. The smallest absolute Gasteiger partial charge is 0.413 e. The van der Waals surface area contributed by atoms with E-state index in [1.165, 1.54) is 6.33 Å². The van der Waals surface area contributed by atoms with Gasteiger partial charge in [-0.1, -0.05) is 54.6 Å². The zero-order valence-electron chi connectivity index (χ0n) is 42.6. The lowest BCUT2D eigenvalue weighted by Gasteiger charge is -2.39. The van der Waals surface area contributed by atoms with Gasteiger partial charge in [0, 0.05) is 25.0 Å². The van der Waals surface area contributed by atoms with Crippen LogP contribution in [0.3, 0.4) is 0 Å². The normalized spacial score (nSPS) is 15.6. The van der Waals surface area contributed by atoms with Gasteiger partial charge in [-0.25, -0.2) is 19.2 Å². The van der Waals surface area contributed by atoms with Crippen molar-refractivity contribution in [2.75, 3.05) is 59.1 Å². The van der Waals surface area contributed by atoms with Crippen molar-refractivity contribution in [3.05, 3.63) is 112 Å². The minimum Gasteiger partial charge on any atom is -0.497 e. The number of rotatable bonds is 25. The first kappa shape index (κ1) is 56.6. The first-order valence-electron chi connectivity index (χ1n) is 24.1. The molecule has 396 valence electrons. The van der Waals surface area contributed by atoms with Crippen LogP contribution in [-0.4, -0.2) is 120 Å². The van der Waals surface area contributed by atoms with Crippen molar-refractivity contribution in [2.24, 2.45) is 4.99 Å². The van der Waals surface area contributed by atoms with Crippen LogP contribution in [0.25, 0.3) is 11.2 Å². The maximum atomic E-state index is 13.6. The third kappa shape index (κ3) is 15.0. The molecule has 0 spiro atoms. The van der Waals surface area contributed by atoms with Crippen molar-refractivity contribution in [2.45, 2.75) is 89.5 Å². The number of aromatic amines is 1. The minimum atomic E-state index is -1.77. The van der Waals surface area contributed by atoms with E-state index in [9.17, 15) is 19.6 Å². The minimum absolute atomic E-state index is 0.000506. The highest BCUT2D eigenvalue weighted by Gasteiger charge is 2.45. The number of nitrogens with one attached hydrogen (secondary N) is 4. The number of benzene rings is 3. The highest BCUT2D eigenvalue weighted by Crippen LogP contribution is 2.51. The number of guanidine groups is 1. The number of hydrogen-bond donors (Lipinski definition) is 4. The molecule has 1 fully saturated rings. The van der Waals surface area contributed by atoms with Gasteiger partial charge in [0.1, 0.15) is 42.6 Å². The molecular formula is C51H61N12O11P. The Bertz CT molecular complexity index is 2770. The number of aromatic nitrogens is 4. The molecule has 0 aliphatic carbocycles. The van der Waals surface area contributed by atoms with Gasteiger partial charge in [0.15, 0.2) is 11.2 Å². The predicted molar refractivity (Wildman–Crippen MR) is 275 cm³/mol. The number of anilines is 1. The zero-order valence-corrected chi connectivity index (χ0v) is 43.5. The molecular weight excluding hydrogens is 988 g/mol. The van der Waals surface area contributed by atoms with Gasteiger partial charge in [-0.05, 0) is 68.7 Å². The van der Waals surface area contributed by atoms with Gasteiger partial charge in [0.2, 0.25) is 11.9 Å². The fraction of sp³-hybridized carbons (Fsp3) is 0.431. The lowest BCUT2D eigenvalue weighted by atomic mass is 9.80. The molecule has 5 aromatic rings. The number of amides is 2. The topological polar surface area (TPSA) is 295 Å². The molecule has 4 atom stereocenters. The van der Waals surface area contributed by atoms with E-state index >= 15 is 0 Å². The molecule has 23 nitrogen and oxygen atoms in total. The van der Waals surface area contributed by atoms with Crippen molar-refractivity contribution in [1.29, 1.82) is 15.8 Å². The van der Waals surface area contributed by atoms with Crippen LogP contribution in [0.1, 0.15) is 76.3 Å². The highest BCUT2D eigenvalue weighted by molar-refractivity contribution is 7.44. The fourth-order valence-corrected chi connectivity index (χ4v) is 9.90. The largest absolute Gasteiger partial charge is 0.497 e. The predicted octanol–water partition coefficient (Wildman–Crippen LogP) is 7.14. The Morgan fingerprint density at radius 3 is 1.96 bits per heavy atom. The summed E-state index contributed by atoms with van der Waals surface area (Å²) in [5, 5.41) is 34.7. The number of hydrogen-bond acceptors (Lipinski definition) is 19. The standard InChI is InChI=1S/C51H61N12O11P/c1-34(2)63(35(3)4)75(72-30-12-25-54)74-41-31-43(73-42(41)32-71-51(36-13-8-7-9-14-36,37-15-19-39(67-5)20-16-37)38-17-21-40(68-6)22-18-38)62-33-57-44-45(62)58-47(59-46(44)64)55-26-27-56-48(60-49(65)69-28-10-23-52)61-50(66)70-29-11-24-53/h7-9,13-22,33-35,41-43H,10-12,26-32H2,1-6H3,(H2,55,58,59,64)(H2,56,60,61,65,66)/t41-,42+,43+,75?/m0/s1. The Kier molecular flexibility index (Phi) is 21.2. The lowest BCUT2D eigenvalue weighted by molar-refractivity contribution is -0.0912. The van der Waals surface area contributed by atoms with Crippen LogP contribution in [0.15, 0.2) is 95.0 Å². The van der Waals surface area contributed by atoms with Gasteiger partial charge in [-0.3, -0.25) is 30.0 Å². The second-order valence-electron chi connectivity index (χ2n) is 17.1. The number of fused-ring (bicyclic) bond motifs is 1. The SMILES string of the molecule is COc1ccc(C(OC[C@H]2O[C@@H](n3cnc4c(=O)[nH]c(NCCN=C(NC(=O)OCCC#N)NC(=O)OCCC#N)nc43)C[C@@H]2OP(OCCC#N)N(C(C)C)C(C)C)(c2ccccc2)c2ccc(OC)cc2)cc1. The summed E-state index contributed by atoms with van der Waals surface area (Å²) in [6.07, 6.45) is -2.45. The summed E-state index contributed by atoms with van der Waals surface area (Å²) >= 11 is 0. The number of carbonyl (C=O) groups is 2. The third-order valence-corrected chi connectivity index (χ3v) is 13.6. The van der Waals surface area contributed by atoms with E-state index in [-0.39, 0.29) is 100 Å². The van der Waals surface area contributed by atoms with Gasteiger partial charge in [0.05, 0.1) is 83.9 Å². The molecule has 0 radical (unpaired) electrons.